The van der Waals surface area contributed by atoms with E-state index in [9.17, 15) is 0 Å². The van der Waals surface area contributed by atoms with Gasteiger partial charge in [-0.25, -0.2) is 4.98 Å². The van der Waals surface area contributed by atoms with Crippen molar-refractivity contribution < 1.29 is 4.74 Å². The molecule has 0 aliphatic heterocycles. The van der Waals surface area contributed by atoms with Gasteiger partial charge in [0.2, 0.25) is 0 Å². The molecular weight excluding hydrogens is 316 g/mol. The minimum absolute atomic E-state index is 0.571. The summed E-state index contributed by atoms with van der Waals surface area (Å²) in [7, 11) is 1.68. The van der Waals surface area contributed by atoms with Crippen LogP contribution in [0.25, 0.3) is 11.1 Å². The third-order valence-electron chi connectivity index (χ3n) is 3.26. The average Bonchev–Trinajstić information content (AvgIpc) is 2.99. The summed E-state index contributed by atoms with van der Waals surface area (Å²) < 4.78 is 5.85. The van der Waals surface area contributed by atoms with E-state index < -0.39 is 0 Å². The normalized spacial score (nSPS) is 10.5. The molecule has 3 nitrogen and oxygen atoms in total. The Hall–Kier alpha value is -2.04. The van der Waals surface area contributed by atoms with Crippen LogP contribution in [-0.4, -0.2) is 12.1 Å². The number of hydrogen-bond donors (Lipinski definition) is 1. The number of hydrogen-bond acceptors (Lipinski definition) is 4. The summed E-state index contributed by atoms with van der Waals surface area (Å²) in [4.78, 5) is 5.15. The molecule has 1 N–H and O–H groups in total. The molecule has 0 spiro atoms. The van der Waals surface area contributed by atoms with Gasteiger partial charge in [0, 0.05) is 16.8 Å². The summed E-state index contributed by atoms with van der Waals surface area (Å²) in [5.74, 6) is 0.857. The van der Waals surface area contributed by atoms with Gasteiger partial charge < -0.3 is 10.1 Å². The molecule has 22 heavy (non-hydrogen) atoms. The second-order valence-corrected chi connectivity index (χ2v) is 6.44. The molecule has 0 bridgehead atoms. The fourth-order valence-corrected chi connectivity index (χ4v) is 3.08. The smallest absolute Gasteiger partial charge is 0.183 e. The highest BCUT2D eigenvalue weighted by Gasteiger charge is 2.03. The molecule has 0 fully saturated rings. The monoisotopic (exact) mass is 330 g/mol. The van der Waals surface area contributed by atoms with Gasteiger partial charge in [-0.3, -0.25) is 0 Å². The SMILES string of the molecule is COc1cccc(-c2cccc(NCc3cnc(Cl)s3)c2)c1. The van der Waals surface area contributed by atoms with Gasteiger partial charge in [0.1, 0.15) is 5.75 Å². The highest BCUT2D eigenvalue weighted by Crippen LogP contribution is 2.26. The van der Waals surface area contributed by atoms with Gasteiger partial charge in [0.25, 0.3) is 0 Å². The summed E-state index contributed by atoms with van der Waals surface area (Å²) in [5.41, 5.74) is 3.33. The van der Waals surface area contributed by atoms with E-state index in [2.05, 4.69) is 28.5 Å². The number of benzene rings is 2. The van der Waals surface area contributed by atoms with E-state index in [1.165, 1.54) is 11.3 Å². The van der Waals surface area contributed by atoms with Crippen LogP contribution in [0.1, 0.15) is 4.88 Å². The Kier molecular flexibility index (Phi) is 4.61. The molecule has 0 saturated carbocycles. The van der Waals surface area contributed by atoms with Crippen LogP contribution >= 0.6 is 22.9 Å². The number of aromatic nitrogens is 1. The van der Waals surface area contributed by atoms with Crippen molar-refractivity contribution in [2.75, 3.05) is 12.4 Å². The van der Waals surface area contributed by atoms with E-state index >= 15 is 0 Å². The Morgan fingerprint density at radius 2 is 1.91 bits per heavy atom. The van der Waals surface area contributed by atoms with Crippen LogP contribution in [0.2, 0.25) is 4.47 Å². The van der Waals surface area contributed by atoms with E-state index in [0.717, 1.165) is 27.4 Å². The Morgan fingerprint density at radius 1 is 1.14 bits per heavy atom. The minimum atomic E-state index is 0.571. The lowest BCUT2D eigenvalue weighted by Crippen LogP contribution is -1.97. The first-order chi connectivity index (χ1) is 10.7. The van der Waals surface area contributed by atoms with E-state index in [4.69, 9.17) is 16.3 Å². The molecule has 0 saturated heterocycles. The van der Waals surface area contributed by atoms with Crippen molar-refractivity contribution in [3.8, 4) is 16.9 Å². The van der Waals surface area contributed by atoms with Gasteiger partial charge in [-0.15, -0.1) is 11.3 Å². The largest absolute Gasteiger partial charge is 0.497 e. The molecule has 3 rings (SSSR count). The zero-order valence-corrected chi connectivity index (χ0v) is 13.6. The van der Waals surface area contributed by atoms with Crippen LogP contribution in [0.15, 0.2) is 54.7 Å². The Morgan fingerprint density at radius 3 is 2.64 bits per heavy atom. The van der Waals surface area contributed by atoms with Gasteiger partial charge in [0.05, 0.1) is 13.7 Å². The van der Waals surface area contributed by atoms with Crippen LogP contribution in [0.3, 0.4) is 0 Å². The molecule has 0 radical (unpaired) electrons. The summed E-state index contributed by atoms with van der Waals surface area (Å²) >= 11 is 7.33. The van der Waals surface area contributed by atoms with Crippen LogP contribution in [0.4, 0.5) is 5.69 Å². The lowest BCUT2D eigenvalue weighted by atomic mass is 10.0. The van der Waals surface area contributed by atoms with E-state index in [1.54, 1.807) is 13.3 Å². The minimum Gasteiger partial charge on any atom is -0.497 e. The van der Waals surface area contributed by atoms with Crippen molar-refractivity contribution in [3.05, 3.63) is 64.1 Å². The first-order valence-electron chi connectivity index (χ1n) is 6.83. The Balaban J connectivity index is 1.77. The molecule has 5 heteroatoms. The number of ether oxygens (including phenoxy) is 1. The maximum atomic E-state index is 5.84. The zero-order chi connectivity index (χ0) is 15.4. The number of nitrogens with one attached hydrogen (secondary N) is 1. The lowest BCUT2D eigenvalue weighted by molar-refractivity contribution is 0.415. The molecule has 3 aromatic rings. The van der Waals surface area contributed by atoms with Crippen molar-refractivity contribution in [2.24, 2.45) is 0 Å². The van der Waals surface area contributed by atoms with Crippen molar-refractivity contribution in [3.63, 3.8) is 0 Å². The molecule has 2 aromatic carbocycles. The molecule has 112 valence electrons. The summed E-state index contributed by atoms with van der Waals surface area (Å²) in [5, 5.41) is 3.39. The van der Waals surface area contributed by atoms with Crippen LogP contribution in [0.5, 0.6) is 5.75 Å². The van der Waals surface area contributed by atoms with Crippen molar-refractivity contribution in [1.29, 1.82) is 0 Å². The first-order valence-corrected chi connectivity index (χ1v) is 8.02. The van der Waals surface area contributed by atoms with Crippen molar-refractivity contribution in [2.45, 2.75) is 6.54 Å². The van der Waals surface area contributed by atoms with E-state index in [-0.39, 0.29) is 0 Å². The highest BCUT2D eigenvalue weighted by atomic mass is 35.5. The molecule has 1 aromatic heterocycles. The van der Waals surface area contributed by atoms with Crippen LogP contribution in [-0.2, 0) is 6.54 Å². The molecule has 0 aliphatic carbocycles. The second kappa shape index (κ2) is 6.81. The van der Waals surface area contributed by atoms with Gasteiger partial charge in [-0.05, 0) is 35.4 Å². The summed E-state index contributed by atoms with van der Waals surface area (Å²) in [6, 6.07) is 16.3. The number of methoxy groups -OCH3 is 1. The molecule has 0 atom stereocenters. The number of rotatable bonds is 5. The van der Waals surface area contributed by atoms with E-state index in [1.807, 2.05) is 30.3 Å². The zero-order valence-electron chi connectivity index (χ0n) is 12.0. The Bertz CT molecular complexity index is 773. The maximum absolute atomic E-state index is 5.84. The van der Waals surface area contributed by atoms with Crippen LogP contribution < -0.4 is 10.1 Å². The third kappa shape index (κ3) is 3.59. The molecule has 0 amide bonds. The molecular formula is C17H15ClN2OS. The highest BCUT2D eigenvalue weighted by molar-refractivity contribution is 7.15. The lowest BCUT2D eigenvalue weighted by Gasteiger charge is -2.08. The Labute approximate surface area is 138 Å². The third-order valence-corrected chi connectivity index (χ3v) is 4.37. The van der Waals surface area contributed by atoms with E-state index in [0.29, 0.717) is 11.0 Å². The fraction of sp³-hybridized carbons (Fsp3) is 0.118. The number of thiazole rings is 1. The number of nitrogens with zero attached hydrogens (tertiary/aromatic N) is 1. The van der Waals surface area contributed by atoms with Gasteiger partial charge in [-0.2, -0.15) is 0 Å². The van der Waals surface area contributed by atoms with Crippen molar-refractivity contribution in [1.82, 2.24) is 4.98 Å². The maximum Gasteiger partial charge on any atom is 0.183 e. The summed E-state index contributed by atoms with van der Waals surface area (Å²) in [6.45, 7) is 0.714. The van der Waals surface area contributed by atoms with Gasteiger partial charge in [0.15, 0.2) is 4.47 Å². The van der Waals surface area contributed by atoms with Gasteiger partial charge in [-0.1, -0.05) is 35.9 Å². The molecule has 1 heterocycles. The first kappa shape index (κ1) is 14.9. The van der Waals surface area contributed by atoms with Crippen molar-refractivity contribution >= 4 is 28.6 Å². The number of halogens is 1. The molecule has 0 unspecified atom stereocenters. The standard InChI is InChI=1S/C17H15ClN2OS/c1-21-15-7-3-5-13(9-15)12-4-2-6-14(8-12)19-10-16-11-20-17(18)22-16/h2-9,11,19H,10H2,1H3. The van der Waals surface area contributed by atoms with Crippen LogP contribution in [0, 0.1) is 0 Å². The van der Waals surface area contributed by atoms with Gasteiger partial charge >= 0.3 is 0 Å². The number of anilines is 1. The fourth-order valence-electron chi connectivity index (χ4n) is 2.17. The second-order valence-electron chi connectivity index (χ2n) is 4.75. The topological polar surface area (TPSA) is 34.1 Å². The predicted octanol–water partition coefficient (Wildman–Crippen LogP) is 5.08. The average molecular weight is 331 g/mol. The quantitative estimate of drug-likeness (QED) is 0.708. The predicted molar refractivity (Wildman–Crippen MR) is 92.9 cm³/mol. The molecule has 0 aliphatic rings. The summed E-state index contributed by atoms with van der Waals surface area (Å²) in [6.07, 6.45) is 1.80.